The first kappa shape index (κ1) is 30.4. The first-order valence-electron chi connectivity index (χ1n) is 12.4. The third kappa shape index (κ3) is 6.21. The summed E-state index contributed by atoms with van der Waals surface area (Å²) in [4.78, 5) is 80.0. The molecule has 0 bridgehead atoms. The summed E-state index contributed by atoms with van der Waals surface area (Å²) in [6.07, 6.45) is 0. The van der Waals surface area contributed by atoms with E-state index in [2.05, 4.69) is 10.3 Å². The molecule has 1 aliphatic heterocycles. The number of carbonyl (C=O) groups excluding carboxylic acids is 4. The van der Waals surface area contributed by atoms with Gasteiger partial charge in [0.05, 0.1) is 31.9 Å². The molecule has 14 nitrogen and oxygen atoms in total. The predicted octanol–water partition coefficient (Wildman–Crippen LogP) is 0.177. The molecule has 218 valence electrons. The van der Waals surface area contributed by atoms with E-state index in [-0.39, 0.29) is 47.1 Å². The average molecular weight is 570 g/mol. The molecule has 41 heavy (non-hydrogen) atoms. The highest BCUT2D eigenvalue weighted by molar-refractivity contribution is 6.06. The van der Waals surface area contributed by atoms with Crippen LogP contribution in [0, 0.1) is 5.92 Å². The molecule has 3 rings (SSSR count). The molecule has 0 fully saturated rings. The van der Waals surface area contributed by atoms with Crippen LogP contribution in [0.1, 0.15) is 26.3 Å². The number of aromatic nitrogens is 2. The highest BCUT2D eigenvalue weighted by Crippen LogP contribution is 2.32. The number of esters is 3. The number of carbonyl (C=O) groups is 4. The molecule has 0 aliphatic carbocycles. The van der Waals surface area contributed by atoms with Crippen molar-refractivity contribution in [1.29, 1.82) is 0 Å². The predicted molar refractivity (Wildman–Crippen MR) is 146 cm³/mol. The van der Waals surface area contributed by atoms with Crippen molar-refractivity contribution in [1.82, 2.24) is 14.9 Å². The number of ether oxygens (including phenoxy) is 3. The molecule has 1 aliphatic rings. The topological polar surface area (TPSA) is 192 Å². The third-order valence-electron chi connectivity index (χ3n) is 6.43. The van der Waals surface area contributed by atoms with E-state index in [1.807, 2.05) is 0 Å². The number of methoxy groups -OCH3 is 2. The van der Waals surface area contributed by atoms with Crippen molar-refractivity contribution < 1.29 is 33.4 Å². The average Bonchev–Trinajstić information content (AvgIpc) is 2.95. The van der Waals surface area contributed by atoms with E-state index in [1.165, 1.54) is 13.8 Å². The van der Waals surface area contributed by atoms with Crippen molar-refractivity contribution >= 4 is 35.3 Å². The van der Waals surface area contributed by atoms with Crippen molar-refractivity contribution in [2.45, 2.75) is 27.3 Å². The molecular weight excluding hydrogens is 538 g/mol. The van der Waals surface area contributed by atoms with Gasteiger partial charge < -0.3 is 30.2 Å². The number of hydrogen-bond acceptors (Lipinski definition) is 11. The standard InChI is InChI=1S/C27H31N5O9/c1-6-31(21-22(28)32(27(38)30-23(21)34)12-16-10-8-7-9-11-16)17(33)13-41-26(37)20-18(24(35)39-4)14(2)29-15(3)19(20)25(36)40-5/h7-11,20,29H,6,12-13,28H2,1-5H3,(H,30,34,38). The van der Waals surface area contributed by atoms with Crippen LogP contribution in [0.3, 0.4) is 0 Å². The van der Waals surface area contributed by atoms with Crippen molar-refractivity contribution in [3.05, 3.63) is 79.3 Å². The number of anilines is 2. The zero-order chi connectivity index (χ0) is 30.4. The second-order valence-electron chi connectivity index (χ2n) is 8.93. The van der Waals surface area contributed by atoms with Crippen LogP contribution in [0.2, 0.25) is 0 Å². The van der Waals surface area contributed by atoms with Crippen molar-refractivity contribution in [3.63, 3.8) is 0 Å². The van der Waals surface area contributed by atoms with Crippen molar-refractivity contribution in [3.8, 4) is 0 Å². The van der Waals surface area contributed by atoms with Crippen LogP contribution in [-0.4, -0.2) is 60.7 Å². The first-order valence-corrected chi connectivity index (χ1v) is 12.4. The normalized spacial score (nSPS) is 13.4. The van der Waals surface area contributed by atoms with E-state index in [9.17, 15) is 28.8 Å². The van der Waals surface area contributed by atoms with E-state index >= 15 is 0 Å². The summed E-state index contributed by atoms with van der Waals surface area (Å²) in [6.45, 7) is 3.64. The second kappa shape index (κ2) is 12.8. The molecule has 4 N–H and O–H groups in total. The number of likely N-dealkylation sites (N-methyl/N-ethyl adjacent to an activating group) is 1. The summed E-state index contributed by atoms with van der Waals surface area (Å²) < 4.78 is 16.0. The number of aromatic amines is 1. The van der Waals surface area contributed by atoms with Gasteiger partial charge in [0.2, 0.25) is 0 Å². The van der Waals surface area contributed by atoms with Gasteiger partial charge in [-0.25, -0.2) is 14.4 Å². The SMILES string of the molecule is CCN(C(=O)COC(=O)C1C(C(=O)OC)=C(C)NC(C)=C1C(=O)OC)c1c(N)n(Cc2ccccc2)c(=O)[nH]c1=O. The Hall–Kier alpha value is -5.14. The smallest absolute Gasteiger partial charge is 0.336 e. The summed E-state index contributed by atoms with van der Waals surface area (Å²) in [5.74, 6) is -5.57. The van der Waals surface area contributed by atoms with E-state index in [1.54, 1.807) is 37.3 Å². The molecule has 1 aromatic heterocycles. The quantitative estimate of drug-likeness (QED) is 0.276. The van der Waals surface area contributed by atoms with E-state index in [0.29, 0.717) is 0 Å². The minimum Gasteiger partial charge on any atom is -0.466 e. The van der Waals surface area contributed by atoms with Crippen LogP contribution in [0.25, 0.3) is 0 Å². The van der Waals surface area contributed by atoms with Gasteiger partial charge in [-0.3, -0.25) is 23.9 Å². The lowest BCUT2D eigenvalue weighted by molar-refractivity contribution is -0.153. The zero-order valence-electron chi connectivity index (χ0n) is 23.2. The number of amides is 1. The third-order valence-corrected chi connectivity index (χ3v) is 6.43. The Bertz CT molecular complexity index is 1510. The number of hydrogen-bond donors (Lipinski definition) is 3. The number of rotatable bonds is 9. The number of allylic oxidation sites excluding steroid dienone is 2. The van der Waals surface area contributed by atoms with E-state index in [0.717, 1.165) is 29.3 Å². The highest BCUT2D eigenvalue weighted by atomic mass is 16.5. The van der Waals surface area contributed by atoms with Gasteiger partial charge in [-0.15, -0.1) is 0 Å². The fourth-order valence-corrected chi connectivity index (χ4v) is 4.51. The van der Waals surface area contributed by atoms with Crippen LogP contribution >= 0.6 is 0 Å². The number of nitrogens with one attached hydrogen (secondary N) is 2. The minimum atomic E-state index is -1.56. The number of H-pyrrole nitrogens is 1. The molecule has 2 heterocycles. The lowest BCUT2D eigenvalue weighted by Crippen LogP contribution is -2.43. The number of nitrogens with two attached hydrogens (primary N) is 1. The number of dihydropyridines is 1. The van der Waals surface area contributed by atoms with Gasteiger partial charge in [-0.2, -0.15) is 0 Å². The van der Waals surface area contributed by atoms with Gasteiger partial charge >= 0.3 is 23.6 Å². The van der Waals surface area contributed by atoms with Crippen LogP contribution < -0.4 is 27.2 Å². The first-order chi connectivity index (χ1) is 19.5. The molecule has 0 atom stereocenters. The Labute approximate surface area is 234 Å². The summed E-state index contributed by atoms with van der Waals surface area (Å²) in [6, 6.07) is 8.86. The Morgan fingerprint density at radius 1 is 0.976 bits per heavy atom. The summed E-state index contributed by atoms with van der Waals surface area (Å²) in [5, 5.41) is 2.84. The monoisotopic (exact) mass is 569 g/mol. The van der Waals surface area contributed by atoms with E-state index < -0.39 is 47.6 Å². The van der Waals surface area contributed by atoms with Crippen LogP contribution in [0.4, 0.5) is 11.5 Å². The van der Waals surface area contributed by atoms with Crippen LogP contribution in [0.5, 0.6) is 0 Å². The van der Waals surface area contributed by atoms with Crippen LogP contribution in [-0.2, 0) is 39.9 Å². The minimum absolute atomic E-state index is 0.0235. The van der Waals surface area contributed by atoms with Gasteiger partial charge in [-0.1, -0.05) is 30.3 Å². The molecular formula is C27H31N5O9. The molecule has 0 radical (unpaired) electrons. The van der Waals surface area contributed by atoms with E-state index in [4.69, 9.17) is 19.9 Å². The van der Waals surface area contributed by atoms with Gasteiger partial charge in [-0.05, 0) is 26.3 Å². The van der Waals surface area contributed by atoms with Gasteiger partial charge in [0.25, 0.3) is 11.5 Å². The fraction of sp³-hybridized carbons (Fsp3) is 0.333. The van der Waals surface area contributed by atoms with Crippen LogP contribution in [0.15, 0.2) is 62.5 Å². The molecule has 0 saturated heterocycles. The highest BCUT2D eigenvalue weighted by Gasteiger charge is 2.42. The maximum atomic E-state index is 13.3. The van der Waals surface area contributed by atoms with Gasteiger partial charge in [0.15, 0.2) is 12.3 Å². The molecule has 1 aromatic carbocycles. The number of nitrogens with zero attached hydrogens (tertiary/aromatic N) is 2. The molecule has 2 aromatic rings. The lowest BCUT2D eigenvalue weighted by Gasteiger charge is -2.28. The number of nitrogen functional groups attached to an aromatic ring is 1. The van der Waals surface area contributed by atoms with Gasteiger partial charge in [0.1, 0.15) is 11.7 Å². The molecule has 0 spiro atoms. The van der Waals surface area contributed by atoms with Crippen molar-refractivity contribution in [2.24, 2.45) is 5.92 Å². The number of benzene rings is 1. The zero-order valence-corrected chi connectivity index (χ0v) is 23.2. The molecule has 14 heteroatoms. The molecule has 0 unspecified atom stereocenters. The Morgan fingerprint density at radius 3 is 2.05 bits per heavy atom. The fourth-order valence-electron chi connectivity index (χ4n) is 4.51. The molecule has 0 saturated carbocycles. The Morgan fingerprint density at radius 2 is 1.54 bits per heavy atom. The summed E-state index contributed by atoms with van der Waals surface area (Å²) in [5.41, 5.74) is 5.03. The Kier molecular flexibility index (Phi) is 9.50. The Balaban J connectivity index is 1.92. The lowest BCUT2D eigenvalue weighted by atomic mass is 9.85. The largest absolute Gasteiger partial charge is 0.466 e. The second-order valence-corrected chi connectivity index (χ2v) is 8.93. The maximum absolute atomic E-state index is 13.3. The summed E-state index contributed by atoms with van der Waals surface area (Å²) in [7, 11) is 2.21. The summed E-state index contributed by atoms with van der Waals surface area (Å²) >= 11 is 0. The maximum Gasteiger partial charge on any atom is 0.336 e. The molecule has 1 amide bonds. The van der Waals surface area contributed by atoms with Gasteiger partial charge in [0, 0.05) is 17.9 Å². The van der Waals surface area contributed by atoms with Crippen molar-refractivity contribution in [2.75, 3.05) is 38.0 Å².